The van der Waals surface area contributed by atoms with Crippen molar-refractivity contribution in [3.63, 3.8) is 0 Å². The Morgan fingerprint density at radius 1 is 0.960 bits per heavy atom. The number of hydrogen-bond acceptors (Lipinski definition) is 2. The van der Waals surface area contributed by atoms with Crippen LogP contribution in [0.3, 0.4) is 0 Å². The number of carbonyl (C=O) groups is 1. The molecule has 3 rings (SSSR count). The van der Waals surface area contributed by atoms with Crippen molar-refractivity contribution in [2.75, 3.05) is 0 Å². The maximum Gasteiger partial charge on any atom is 0.410 e. The maximum absolute atomic E-state index is 13.1. The van der Waals surface area contributed by atoms with Crippen molar-refractivity contribution in [3.05, 3.63) is 35.4 Å². The lowest BCUT2D eigenvalue weighted by Crippen LogP contribution is -2.49. The second-order valence-electron chi connectivity index (χ2n) is 7.87. The summed E-state index contributed by atoms with van der Waals surface area (Å²) in [7, 11) is 0. The molecule has 0 saturated heterocycles. The van der Waals surface area contributed by atoms with Crippen LogP contribution in [0.15, 0.2) is 24.3 Å². The molecule has 0 heterocycles. The van der Waals surface area contributed by atoms with Gasteiger partial charge in [-0.1, -0.05) is 62.8 Å². The Hall–Kier alpha value is -1.51. The minimum Gasteiger partial charge on any atom is -0.441 e. The molecular weight excluding hydrogens is 310 g/mol. The van der Waals surface area contributed by atoms with Gasteiger partial charge in [0, 0.05) is 12.1 Å². The van der Waals surface area contributed by atoms with Gasteiger partial charge in [0.2, 0.25) is 0 Å². The first kappa shape index (κ1) is 18.3. The molecule has 0 spiro atoms. The van der Waals surface area contributed by atoms with Crippen molar-refractivity contribution in [1.29, 1.82) is 0 Å². The van der Waals surface area contributed by atoms with E-state index in [0.717, 1.165) is 31.2 Å². The number of rotatable bonds is 4. The van der Waals surface area contributed by atoms with Gasteiger partial charge in [0.25, 0.3) is 0 Å². The Kier molecular flexibility index (Phi) is 6.39. The van der Waals surface area contributed by atoms with Crippen LogP contribution in [0.2, 0.25) is 0 Å². The fraction of sp³-hybridized carbons (Fsp3) is 0.682. The van der Waals surface area contributed by atoms with E-state index in [1.807, 2.05) is 19.1 Å². The Morgan fingerprint density at radius 3 is 2.00 bits per heavy atom. The summed E-state index contributed by atoms with van der Waals surface area (Å²) in [6.45, 7) is 4.08. The molecular formula is C22H33NO2. The molecule has 0 aromatic heterocycles. The number of nitrogens with zero attached hydrogens (tertiary/aromatic N) is 1. The van der Waals surface area contributed by atoms with Crippen molar-refractivity contribution in [1.82, 2.24) is 4.90 Å². The van der Waals surface area contributed by atoms with Crippen LogP contribution in [-0.4, -0.2) is 23.1 Å². The molecule has 25 heavy (non-hydrogen) atoms. The average molecular weight is 344 g/mol. The summed E-state index contributed by atoms with van der Waals surface area (Å²) < 4.78 is 5.97. The van der Waals surface area contributed by atoms with Crippen LogP contribution in [-0.2, 0) is 4.74 Å². The molecule has 1 aromatic rings. The van der Waals surface area contributed by atoms with E-state index in [9.17, 15) is 4.79 Å². The zero-order chi connectivity index (χ0) is 17.6. The molecule has 0 radical (unpaired) electrons. The van der Waals surface area contributed by atoms with Crippen LogP contribution in [0.1, 0.15) is 88.4 Å². The smallest absolute Gasteiger partial charge is 0.410 e. The van der Waals surface area contributed by atoms with E-state index < -0.39 is 0 Å². The molecule has 2 saturated carbocycles. The number of amides is 1. The highest BCUT2D eigenvalue weighted by molar-refractivity contribution is 5.69. The molecule has 2 aliphatic carbocycles. The third-order valence-corrected chi connectivity index (χ3v) is 6.05. The molecule has 0 bridgehead atoms. The fourth-order valence-corrected chi connectivity index (χ4v) is 4.63. The SMILES string of the molecule is Cc1ccccc1C(C)OC(=O)N(C1CCCCC1)C1CCCCC1. The molecule has 1 atom stereocenters. The van der Waals surface area contributed by atoms with E-state index in [2.05, 4.69) is 24.0 Å². The molecule has 3 nitrogen and oxygen atoms in total. The highest BCUT2D eigenvalue weighted by Gasteiger charge is 2.34. The first-order valence-corrected chi connectivity index (χ1v) is 10.2. The van der Waals surface area contributed by atoms with Crippen molar-refractivity contribution in [2.24, 2.45) is 0 Å². The Balaban J connectivity index is 1.72. The summed E-state index contributed by atoms with van der Waals surface area (Å²) in [5.41, 5.74) is 2.30. The van der Waals surface area contributed by atoms with E-state index >= 15 is 0 Å². The maximum atomic E-state index is 13.1. The summed E-state index contributed by atoms with van der Waals surface area (Å²) in [5, 5.41) is 0. The van der Waals surface area contributed by atoms with Gasteiger partial charge in [-0.15, -0.1) is 0 Å². The van der Waals surface area contributed by atoms with Crippen LogP contribution in [0.4, 0.5) is 4.79 Å². The molecule has 138 valence electrons. The quantitative estimate of drug-likeness (QED) is 0.655. The molecule has 0 aliphatic heterocycles. The standard InChI is InChI=1S/C22H33NO2/c1-17-11-9-10-16-21(17)18(2)25-22(24)23(19-12-5-3-6-13-19)20-14-7-4-8-15-20/h9-11,16,18-20H,3-8,12-15H2,1-2H3. The van der Waals surface area contributed by atoms with Gasteiger partial charge in [0.05, 0.1) is 0 Å². The normalized spacial score (nSPS) is 20.9. The predicted molar refractivity (Wildman–Crippen MR) is 102 cm³/mol. The summed E-state index contributed by atoms with van der Waals surface area (Å²) in [6, 6.07) is 8.97. The molecule has 1 amide bonds. The molecule has 1 unspecified atom stereocenters. The number of hydrogen-bond donors (Lipinski definition) is 0. The number of benzene rings is 1. The van der Waals surface area contributed by atoms with Crippen LogP contribution in [0.25, 0.3) is 0 Å². The lowest BCUT2D eigenvalue weighted by molar-refractivity contribution is 0.0251. The molecule has 2 aliphatic rings. The van der Waals surface area contributed by atoms with Crippen molar-refractivity contribution >= 4 is 6.09 Å². The van der Waals surface area contributed by atoms with E-state index in [1.54, 1.807) is 0 Å². The summed E-state index contributed by atoms with van der Waals surface area (Å²) in [6.07, 6.45) is 11.9. The van der Waals surface area contributed by atoms with Gasteiger partial charge in [0.1, 0.15) is 6.10 Å². The second kappa shape index (κ2) is 8.73. The van der Waals surface area contributed by atoms with Gasteiger partial charge in [-0.2, -0.15) is 0 Å². The van der Waals surface area contributed by atoms with Crippen LogP contribution >= 0.6 is 0 Å². The monoisotopic (exact) mass is 343 g/mol. The fourth-order valence-electron chi connectivity index (χ4n) is 4.63. The highest BCUT2D eigenvalue weighted by atomic mass is 16.6. The third-order valence-electron chi connectivity index (χ3n) is 6.05. The third kappa shape index (κ3) is 4.56. The first-order valence-electron chi connectivity index (χ1n) is 10.2. The van der Waals surface area contributed by atoms with E-state index in [-0.39, 0.29) is 12.2 Å². The van der Waals surface area contributed by atoms with Crippen LogP contribution in [0, 0.1) is 6.92 Å². The number of carbonyl (C=O) groups excluding carboxylic acids is 1. The van der Waals surface area contributed by atoms with E-state index in [4.69, 9.17) is 4.74 Å². The van der Waals surface area contributed by atoms with Gasteiger partial charge in [0.15, 0.2) is 0 Å². The zero-order valence-electron chi connectivity index (χ0n) is 15.9. The lowest BCUT2D eigenvalue weighted by atomic mass is 9.89. The van der Waals surface area contributed by atoms with Gasteiger partial charge >= 0.3 is 6.09 Å². The number of aryl methyl sites for hydroxylation is 1. The molecule has 3 heteroatoms. The minimum atomic E-state index is -0.191. The summed E-state index contributed by atoms with van der Waals surface area (Å²) in [4.78, 5) is 15.3. The van der Waals surface area contributed by atoms with Gasteiger partial charge in [-0.25, -0.2) is 4.79 Å². The van der Waals surface area contributed by atoms with Crippen molar-refractivity contribution < 1.29 is 9.53 Å². The number of ether oxygens (including phenoxy) is 1. The Morgan fingerprint density at radius 2 is 1.48 bits per heavy atom. The molecule has 0 N–H and O–H groups in total. The molecule has 2 fully saturated rings. The predicted octanol–water partition coefficient (Wildman–Crippen LogP) is 6.16. The van der Waals surface area contributed by atoms with Gasteiger partial charge < -0.3 is 9.64 Å². The lowest BCUT2D eigenvalue weighted by Gasteiger charge is -2.41. The second-order valence-corrected chi connectivity index (χ2v) is 7.87. The minimum absolute atomic E-state index is 0.0884. The summed E-state index contributed by atoms with van der Waals surface area (Å²) >= 11 is 0. The van der Waals surface area contributed by atoms with E-state index in [1.165, 1.54) is 44.1 Å². The zero-order valence-corrected chi connectivity index (χ0v) is 15.9. The van der Waals surface area contributed by atoms with Gasteiger partial charge in [-0.3, -0.25) is 0 Å². The van der Waals surface area contributed by atoms with Crippen molar-refractivity contribution in [2.45, 2.75) is 96.2 Å². The Bertz CT molecular complexity index is 541. The van der Waals surface area contributed by atoms with Crippen molar-refractivity contribution in [3.8, 4) is 0 Å². The highest BCUT2D eigenvalue weighted by Crippen LogP contribution is 2.32. The Labute approximate surface area is 152 Å². The van der Waals surface area contributed by atoms with E-state index in [0.29, 0.717) is 12.1 Å². The average Bonchev–Trinajstić information content (AvgIpc) is 2.64. The van der Waals surface area contributed by atoms with Crippen LogP contribution < -0.4 is 0 Å². The topological polar surface area (TPSA) is 29.5 Å². The van der Waals surface area contributed by atoms with Gasteiger partial charge in [-0.05, 0) is 50.7 Å². The first-order chi connectivity index (χ1) is 12.2. The summed E-state index contributed by atoms with van der Waals surface area (Å²) in [5.74, 6) is 0. The molecule has 1 aromatic carbocycles. The van der Waals surface area contributed by atoms with Crippen LogP contribution in [0.5, 0.6) is 0 Å². The largest absolute Gasteiger partial charge is 0.441 e.